The summed E-state index contributed by atoms with van der Waals surface area (Å²) >= 11 is 0.999. The van der Waals surface area contributed by atoms with E-state index in [1.165, 1.54) is 13.1 Å². The number of pyridine rings is 1. The first kappa shape index (κ1) is 21.0. The fourth-order valence-electron chi connectivity index (χ4n) is 2.25. The molecule has 0 saturated carbocycles. The Labute approximate surface area is 175 Å². The highest BCUT2D eigenvalue weighted by Crippen LogP contribution is 2.24. The largest absolute Gasteiger partial charge is 0.480 e. The first-order valence-corrected chi connectivity index (χ1v) is 9.71. The van der Waals surface area contributed by atoms with Crippen molar-refractivity contribution in [3.63, 3.8) is 0 Å². The molecule has 0 aliphatic heterocycles. The van der Waals surface area contributed by atoms with Gasteiger partial charge in [0.2, 0.25) is 11.8 Å². The minimum absolute atomic E-state index is 0.0570. The van der Waals surface area contributed by atoms with Crippen LogP contribution in [-0.2, 0) is 9.59 Å². The molecule has 154 valence electrons. The number of hydrogen-bond donors (Lipinski definition) is 3. The molecule has 30 heavy (non-hydrogen) atoms. The predicted molar refractivity (Wildman–Crippen MR) is 108 cm³/mol. The van der Waals surface area contributed by atoms with Crippen molar-refractivity contribution in [2.75, 3.05) is 11.1 Å². The van der Waals surface area contributed by atoms with Gasteiger partial charge >= 0.3 is 5.97 Å². The Morgan fingerprint density at radius 3 is 2.60 bits per heavy atom. The summed E-state index contributed by atoms with van der Waals surface area (Å²) in [5.74, 6) is -1.65. The lowest BCUT2D eigenvalue weighted by Crippen LogP contribution is -2.39. The van der Waals surface area contributed by atoms with Crippen molar-refractivity contribution in [2.24, 2.45) is 0 Å². The second-order valence-corrected chi connectivity index (χ2v) is 6.99. The number of rotatable bonds is 8. The molecule has 11 heteroatoms. The van der Waals surface area contributed by atoms with E-state index < -0.39 is 17.9 Å². The summed E-state index contributed by atoms with van der Waals surface area (Å²) in [5, 5.41) is 21.9. The van der Waals surface area contributed by atoms with E-state index in [1.807, 2.05) is 0 Å². The zero-order valence-electron chi connectivity index (χ0n) is 15.7. The van der Waals surface area contributed by atoms with E-state index in [2.05, 4.69) is 25.8 Å². The summed E-state index contributed by atoms with van der Waals surface area (Å²) < 4.78 is 5.51. The number of nitrogens with zero attached hydrogens (tertiary/aromatic N) is 3. The Hall–Kier alpha value is -3.73. The summed E-state index contributed by atoms with van der Waals surface area (Å²) in [7, 11) is 0. The Bertz CT molecular complexity index is 1040. The molecule has 1 aromatic carbocycles. The van der Waals surface area contributed by atoms with Crippen molar-refractivity contribution in [1.29, 1.82) is 0 Å². The first-order valence-electron chi connectivity index (χ1n) is 8.72. The molecule has 10 nitrogen and oxygen atoms in total. The summed E-state index contributed by atoms with van der Waals surface area (Å²) in [4.78, 5) is 38.5. The number of nitrogens with one attached hydrogen (secondary N) is 2. The number of carbonyl (C=O) groups excluding carboxylic acids is 2. The molecule has 0 aliphatic rings. The highest BCUT2D eigenvalue weighted by molar-refractivity contribution is 7.99. The summed E-state index contributed by atoms with van der Waals surface area (Å²) in [6.45, 7) is 1.37. The van der Waals surface area contributed by atoms with Crippen LogP contribution in [0, 0.1) is 0 Å². The third-order valence-corrected chi connectivity index (χ3v) is 4.61. The van der Waals surface area contributed by atoms with E-state index in [0.717, 1.165) is 11.8 Å². The Morgan fingerprint density at radius 1 is 1.17 bits per heavy atom. The van der Waals surface area contributed by atoms with Crippen molar-refractivity contribution in [3.8, 4) is 11.5 Å². The standard InChI is InChI=1S/C19H17N5O5S/c1-11(18(27)28)21-15(25)10-30-19-24-23-17(29-19)12-4-6-14(7-5-12)22-16(26)13-3-2-8-20-9-13/h2-9,11H,10H2,1H3,(H,21,25)(H,22,26)(H,27,28)/t11-/m1/s1. The van der Waals surface area contributed by atoms with Crippen LogP contribution in [0.4, 0.5) is 5.69 Å². The molecule has 3 rings (SSSR count). The van der Waals surface area contributed by atoms with Crippen LogP contribution in [0.15, 0.2) is 58.4 Å². The molecular weight excluding hydrogens is 410 g/mol. The number of aromatic nitrogens is 3. The molecule has 0 saturated heterocycles. The van der Waals surface area contributed by atoms with E-state index in [4.69, 9.17) is 9.52 Å². The topological polar surface area (TPSA) is 147 Å². The zero-order chi connectivity index (χ0) is 21.5. The normalized spacial score (nSPS) is 11.5. The molecule has 0 aliphatic carbocycles. The lowest BCUT2D eigenvalue weighted by Gasteiger charge is -2.07. The van der Waals surface area contributed by atoms with Gasteiger partial charge in [0.1, 0.15) is 6.04 Å². The Balaban J connectivity index is 1.56. The van der Waals surface area contributed by atoms with Crippen LogP contribution in [0.2, 0.25) is 0 Å². The molecule has 0 unspecified atom stereocenters. The fraction of sp³-hybridized carbons (Fsp3) is 0.158. The molecule has 2 heterocycles. The third kappa shape index (κ3) is 5.64. The van der Waals surface area contributed by atoms with Crippen molar-refractivity contribution in [3.05, 3.63) is 54.4 Å². The number of thioether (sulfide) groups is 1. The van der Waals surface area contributed by atoms with Gasteiger partial charge < -0.3 is 20.2 Å². The molecule has 0 spiro atoms. The van der Waals surface area contributed by atoms with Gasteiger partial charge in [0.05, 0.1) is 11.3 Å². The molecule has 0 fully saturated rings. The molecule has 0 radical (unpaired) electrons. The van der Waals surface area contributed by atoms with Gasteiger partial charge in [-0.25, -0.2) is 0 Å². The van der Waals surface area contributed by atoms with E-state index >= 15 is 0 Å². The quantitative estimate of drug-likeness (QED) is 0.459. The number of carboxylic acids is 1. The molecule has 2 amide bonds. The monoisotopic (exact) mass is 427 g/mol. The summed E-state index contributed by atoms with van der Waals surface area (Å²) in [5.41, 5.74) is 1.67. The highest BCUT2D eigenvalue weighted by Gasteiger charge is 2.16. The lowest BCUT2D eigenvalue weighted by molar-refractivity contribution is -0.140. The van der Waals surface area contributed by atoms with E-state index in [1.54, 1.807) is 42.6 Å². The average molecular weight is 427 g/mol. The Kier molecular flexibility index (Phi) is 6.75. The third-order valence-electron chi connectivity index (χ3n) is 3.79. The summed E-state index contributed by atoms with van der Waals surface area (Å²) in [6, 6.07) is 9.18. The maximum absolute atomic E-state index is 12.1. The summed E-state index contributed by atoms with van der Waals surface area (Å²) in [6.07, 6.45) is 3.06. The number of aliphatic carboxylic acids is 1. The van der Waals surface area contributed by atoms with Crippen LogP contribution >= 0.6 is 11.8 Å². The number of carbonyl (C=O) groups is 3. The van der Waals surface area contributed by atoms with Crippen LogP contribution in [0.3, 0.4) is 0 Å². The number of hydrogen-bond acceptors (Lipinski definition) is 8. The number of amides is 2. The maximum Gasteiger partial charge on any atom is 0.325 e. The smallest absolute Gasteiger partial charge is 0.325 e. The van der Waals surface area contributed by atoms with Gasteiger partial charge in [-0.2, -0.15) is 0 Å². The van der Waals surface area contributed by atoms with Gasteiger partial charge in [0.25, 0.3) is 11.1 Å². The van der Waals surface area contributed by atoms with Crippen LogP contribution in [-0.4, -0.2) is 49.9 Å². The zero-order valence-corrected chi connectivity index (χ0v) is 16.5. The lowest BCUT2D eigenvalue weighted by atomic mass is 10.2. The van der Waals surface area contributed by atoms with Crippen LogP contribution < -0.4 is 10.6 Å². The molecule has 3 aromatic rings. The van der Waals surface area contributed by atoms with E-state index in [-0.39, 0.29) is 22.8 Å². The minimum atomic E-state index is -1.12. The van der Waals surface area contributed by atoms with E-state index in [0.29, 0.717) is 16.8 Å². The molecule has 2 aromatic heterocycles. The molecule has 1 atom stereocenters. The van der Waals surface area contributed by atoms with E-state index in [9.17, 15) is 14.4 Å². The van der Waals surface area contributed by atoms with Crippen molar-refractivity contribution in [2.45, 2.75) is 18.2 Å². The number of anilines is 1. The van der Waals surface area contributed by atoms with Crippen molar-refractivity contribution < 1.29 is 23.9 Å². The molecule has 3 N–H and O–H groups in total. The number of carboxylic acid groups (broad SMARTS) is 1. The second kappa shape index (κ2) is 9.65. The van der Waals surface area contributed by atoms with Crippen molar-refractivity contribution in [1.82, 2.24) is 20.5 Å². The van der Waals surface area contributed by atoms with Gasteiger partial charge in [-0.3, -0.25) is 19.4 Å². The van der Waals surface area contributed by atoms with Gasteiger partial charge in [-0.05, 0) is 43.3 Å². The van der Waals surface area contributed by atoms with Crippen LogP contribution in [0.25, 0.3) is 11.5 Å². The maximum atomic E-state index is 12.1. The number of benzene rings is 1. The van der Waals surface area contributed by atoms with Crippen molar-refractivity contribution >= 4 is 35.2 Å². The second-order valence-electron chi connectivity index (χ2n) is 6.06. The Morgan fingerprint density at radius 2 is 1.93 bits per heavy atom. The fourth-order valence-corrected chi connectivity index (χ4v) is 2.83. The highest BCUT2D eigenvalue weighted by atomic mass is 32.2. The van der Waals surface area contributed by atoms with Gasteiger partial charge in [-0.15, -0.1) is 10.2 Å². The predicted octanol–water partition coefficient (Wildman–Crippen LogP) is 2.07. The van der Waals surface area contributed by atoms with Gasteiger partial charge in [0, 0.05) is 23.6 Å². The van der Waals surface area contributed by atoms with Gasteiger partial charge in [-0.1, -0.05) is 11.8 Å². The minimum Gasteiger partial charge on any atom is -0.480 e. The molecular formula is C19H17N5O5S. The molecule has 0 bridgehead atoms. The van der Waals surface area contributed by atoms with Crippen LogP contribution in [0.1, 0.15) is 17.3 Å². The van der Waals surface area contributed by atoms with Gasteiger partial charge in [0.15, 0.2) is 0 Å². The van der Waals surface area contributed by atoms with Crippen LogP contribution in [0.5, 0.6) is 0 Å². The SMILES string of the molecule is C[C@@H](NC(=O)CSc1nnc(-c2ccc(NC(=O)c3cccnc3)cc2)o1)C(=O)O. The average Bonchev–Trinajstić information content (AvgIpc) is 3.22. The first-order chi connectivity index (χ1) is 14.4.